The normalized spacial score (nSPS) is 20.1. The third-order valence-electron chi connectivity index (χ3n) is 7.82. The van der Waals surface area contributed by atoms with Crippen molar-refractivity contribution >= 4 is 63.7 Å². The van der Waals surface area contributed by atoms with Crippen LogP contribution in [0.4, 0.5) is 0 Å². The summed E-state index contributed by atoms with van der Waals surface area (Å²) in [6.45, 7) is 0. The van der Waals surface area contributed by atoms with Crippen LogP contribution in [0.2, 0.25) is 0 Å². The quantitative estimate of drug-likeness (QED) is 0.145. The minimum atomic E-state index is -0.402. The third-order valence-corrected chi connectivity index (χ3v) is 11.2. The van der Waals surface area contributed by atoms with Crippen LogP contribution < -0.4 is 0 Å². The summed E-state index contributed by atoms with van der Waals surface area (Å²) in [6.07, 6.45) is 0. The Labute approximate surface area is 233 Å². The lowest BCUT2D eigenvalue weighted by Gasteiger charge is -2.55. The molecule has 0 aromatic heterocycles. The molecular weight excluding hydrogens is 680 g/mol. The van der Waals surface area contributed by atoms with Gasteiger partial charge in [-0.15, -0.1) is 0 Å². The highest BCUT2D eigenvalue weighted by atomic mass is 79.9. The first kappa shape index (κ1) is 21.8. The Balaban J connectivity index is 1.59. The Kier molecular flexibility index (Phi) is 4.82. The van der Waals surface area contributed by atoms with E-state index in [2.05, 4.69) is 161 Å². The van der Waals surface area contributed by atoms with E-state index in [0.717, 1.165) is 0 Å². The van der Waals surface area contributed by atoms with Crippen molar-refractivity contribution in [2.75, 3.05) is 0 Å². The maximum Gasteiger partial charge on any atom is 0.0991 e. The van der Waals surface area contributed by atoms with E-state index in [9.17, 15) is 0 Å². The molecule has 0 fully saturated rings. The highest BCUT2D eigenvalue weighted by Gasteiger charge is 2.65. The van der Waals surface area contributed by atoms with Gasteiger partial charge in [0.05, 0.1) is 18.3 Å². The van der Waals surface area contributed by atoms with Gasteiger partial charge in [0.1, 0.15) is 0 Å². The summed E-state index contributed by atoms with van der Waals surface area (Å²) in [5.41, 5.74) is 13.1. The van der Waals surface area contributed by atoms with Crippen LogP contribution >= 0.6 is 63.7 Å². The number of allylic oxidation sites excluding steroid dienone is 2. The first-order valence-electron chi connectivity index (χ1n) is 11.3. The van der Waals surface area contributed by atoms with Crippen LogP contribution in [0, 0.1) is 0 Å². The van der Waals surface area contributed by atoms with Crippen molar-refractivity contribution in [1.82, 2.24) is 0 Å². The number of halogens is 4. The van der Waals surface area contributed by atoms with E-state index in [4.69, 9.17) is 0 Å². The fourth-order valence-corrected chi connectivity index (χ4v) is 10.6. The monoisotopic (exact) mass is 694 g/mol. The molecule has 0 nitrogen and oxygen atoms in total. The minimum Gasteiger partial charge on any atom is -0.0824 e. The van der Waals surface area contributed by atoms with Gasteiger partial charge in [0, 0.05) is 0 Å². The van der Waals surface area contributed by atoms with Crippen LogP contribution in [0.5, 0.6) is 0 Å². The molecule has 0 bridgehead atoms. The van der Waals surface area contributed by atoms with E-state index in [-0.39, 0.29) is 14.0 Å². The molecule has 1 unspecified atom stereocenters. The van der Waals surface area contributed by atoms with Crippen LogP contribution in [-0.4, -0.2) is 8.56 Å². The van der Waals surface area contributed by atoms with Crippen molar-refractivity contribution in [3.8, 4) is 22.3 Å². The molecule has 4 aromatic carbocycles. The van der Waals surface area contributed by atoms with Crippen molar-refractivity contribution in [2.45, 2.75) is 18.3 Å². The fourth-order valence-electron chi connectivity index (χ4n) is 6.58. The fraction of sp³-hybridized carbons (Fsp3) is 0.133. The van der Waals surface area contributed by atoms with Crippen molar-refractivity contribution in [2.24, 2.45) is 0 Å². The van der Waals surface area contributed by atoms with Crippen molar-refractivity contribution in [3.63, 3.8) is 0 Å². The lowest BCUT2D eigenvalue weighted by molar-refractivity contribution is 0.520. The largest absolute Gasteiger partial charge is 0.0991 e. The topological polar surface area (TPSA) is 0 Å². The first-order chi connectivity index (χ1) is 16.5. The Morgan fingerprint density at radius 1 is 0.559 bits per heavy atom. The van der Waals surface area contributed by atoms with E-state index in [0.29, 0.717) is 0 Å². The molecule has 3 aliphatic rings. The highest BCUT2D eigenvalue weighted by molar-refractivity contribution is 9.24. The van der Waals surface area contributed by atoms with E-state index in [1.54, 1.807) is 0 Å². The van der Waals surface area contributed by atoms with Gasteiger partial charge in [-0.3, -0.25) is 0 Å². The molecule has 1 spiro atoms. The van der Waals surface area contributed by atoms with Crippen LogP contribution in [0.25, 0.3) is 22.3 Å². The SMILES string of the molecule is BrC(Br)C1=C(C2(Br)c3ccccc3-c3ccccc32)C(Br)C12c1ccccc1-c1ccccc12. The van der Waals surface area contributed by atoms with Gasteiger partial charge >= 0.3 is 0 Å². The predicted molar refractivity (Wildman–Crippen MR) is 156 cm³/mol. The van der Waals surface area contributed by atoms with Crippen LogP contribution in [0.1, 0.15) is 22.3 Å². The Hall–Kier alpha value is -1.46. The second-order valence-electron chi connectivity index (χ2n) is 9.14. The summed E-state index contributed by atoms with van der Waals surface area (Å²) >= 11 is 16.6. The van der Waals surface area contributed by atoms with E-state index >= 15 is 0 Å². The minimum absolute atomic E-state index is 0.0253. The van der Waals surface area contributed by atoms with Crippen LogP contribution in [0.15, 0.2) is 108 Å². The highest BCUT2D eigenvalue weighted by Crippen LogP contribution is 2.72. The van der Waals surface area contributed by atoms with E-state index < -0.39 is 4.32 Å². The summed E-state index contributed by atoms with van der Waals surface area (Å²) in [5.74, 6) is 0. The lowest BCUT2D eigenvalue weighted by atomic mass is 9.56. The average molecular weight is 698 g/mol. The molecule has 0 amide bonds. The van der Waals surface area contributed by atoms with Crippen molar-refractivity contribution in [1.29, 1.82) is 0 Å². The van der Waals surface area contributed by atoms with Crippen LogP contribution in [-0.2, 0) is 9.74 Å². The number of rotatable bonds is 2. The van der Waals surface area contributed by atoms with Gasteiger partial charge < -0.3 is 0 Å². The van der Waals surface area contributed by atoms with Gasteiger partial charge in [-0.05, 0) is 55.7 Å². The van der Waals surface area contributed by atoms with Gasteiger partial charge in [0.15, 0.2) is 0 Å². The van der Waals surface area contributed by atoms with Gasteiger partial charge in [-0.25, -0.2) is 0 Å². The van der Waals surface area contributed by atoms with Crippen LogP contribution in [0.3, 0.4) is 0 Å². The molecule has 166 valence electrons. The zero-order valence-electron chi connectivity index (χ0n) is 17.9. The molecule has 3 aliphatic carbocycles. The second-order valence-corrected chi connectivity index (χ2v) is 14.3. The molecule has 0 saturated heterocycles. The Morgan fingerprint density at radius 2 is 0.912 bits per heavy atom. The molecule has 0 N–H and O–H groups in total. The third kappa shape index (κ3) is 2.44. The van der Waals surface area contributed by atoms with Crippen molar-refractivity contribution in [3.05, 3.63) is 130 Å². The zero-order chi connectivity index (χ0) is 23.2. The summed E-state index contributed by atoms with van der Waals surface area (Å²) < 4.78 is -0.376. The summed E-state index contributed by atoms with van der Waals surface area (Å²) in [7, 11) is 0. The molecule has 4 aromatic rings. The summed E-state index contributed by atoms with van der Waals surface area (Å²) in [5, 5.41) is 0. The first-order valence-corrected chi connectivity index (χ1v) is 14.8. The lowest BCUT2D eigenvalue weighted by Crippen LogP contribution is -2.54. The Morgan fingerprint density at radius 3 is 1.32 bits per heavy atom. The van der Waals surface area contributed by atoms with Gasteiger partial charge in [-0.2, -0.15) is 0 Å². The maximum absolute atomic E-state index is 4.35. The number of hydrogen-bond acceptors (Lipinski definition) is 0. The molecule has 4 heteroatoms. The smallest absolute Gasteiger partial charge is 0.0824 e. The molecule has 1 atom stereocenters. The number of alkyl halides is 4. The number of hydrogen-bond donors (Lipinski definition) is 0. The summed E-state index contributed by atoms with van der Waals surface area (Å²) in [6, 6.07) is 35.4. The van der Waals surface area contributed by atoms with Crippen molar-refractivity contribution < 1.29 is 0 Å². The van der Waals surface area contributed by atoms with E-state index in [1.807, 2.05) is 0 Å². The maximum atomic E-state index is 4.35. The van der Waals surface area contributed by atoms with Gasteiger partial charge in [-0.1, -0.05) is 161 Å². The second kappa shape index (κ2) is 7.52. The molecule has 0 saturated carbocycles. The molecule has 0 radical (unpaired) electrons. The number of benzene rings is 4. The standard InChI is InChI=1S/C30H18Br4/c31-27-25(30(34)23-15-7-3-11-19(23)20-12-4-8-16-24(20)30)26(28(32)33)29(27)21-13-5-1-9-17(21)18-10-2-6-14-22(18)29/h1-16,27-28H. The average Bonchev–Trinajstić information content (AvgIpc) is 3.32. The Bertz CT molecular complexity index is 1440. The molecule has 34 heavy (non-hydrogen) atoms. The van der Waals surface area contributed by atoms with Gasteiger partial charge in [0.2, 0.25) is 0 Å². The molecule has 0 heterocycles. The molecule has 7 rings (SSSR count). The summed E-state index contributed by atoms with van der Waals surface area (Å²) in [4.78, 5) is 0.121. The number of fused-ring (bicyclic) bond motifs is 8. The zero-order valence-corrected chi connectivity index (χ0v) is 24.2. The molecule has 0 aliphatic heterocycles. The predicted octanol–water partition coefficient (Wildman–Crippen LogP) is 9.46. The van der Waals surface area contributed by atoms with E-state index in [1.165, 1.54) is 55.7 Å². The molecular formula is C30H18Br4. The van der Waals surface area contributed by atoms with Gasteiger partial charge in [0.25, 0.3) is 0 Å².